The summed E-state index contributed by atoms with van der Waals surface area (Å²) in [6, 6.07) is 19.2. The SMILES string of the molecule is CCOc1ccccc1N1CCN(C(=O)c2cc3ccccc3cc2O)CC1. The van der Waals surface area contributed by atoms with Gasteiger partial charge in [0, 0.05) is 26.2 Å². The zero-order chi connectivity index (χ0) is 19.5. The van der Waals surface area contributed by atoms with Gasteiger partial charge in [-0.25, -0.2) is 0 Å². The summed E-state index contributed by atoms with van der Waals surface area (Å²) in [7, 11) is 0. The van der Waals surface area contributed by atoms with E-state index in [1.807, 2.05) is 54.3 Å². The third-order valence-corrected chi connectivity index (χ3v) is 5.17. The first-order chi connectivity index (χ1) is 13.7. The number of para-hydroxylation sites is 2. The van der Waals surface area contributed by atoms with Crippen LogP contribution in [0.15, 0.2) is 60.7 Å². The molecular formula is C23H24N2O3. The van der Waals surface area contributed by atoms with Crippen LogP contribution >= 0.6 is 0 Å². The molecule has 1 aliphatic heterocycles. The highest BCUT2D eigenvalue weighted by Gasteiger charge is 2.25. The number of nitrogens with zero attached hydrogens (tertiary/aromatic N) is 2. The van der Waals surface area contributed by atoms with E-state index >= 15 is 0 Å². The molecule has 1 N–H and O–H groups in total. The van der Waals surface area contributed by atoms with Gasteiger partial charge in [-0.05, 0) is 42.0 Å². The largest absolute Gasteiger partial charge is 0.507 e. The van der Waals surface area contributed by atoms with E-state index in [1.165, 1.54) is 0 Å². The number of hydrogen-bond acceptors (Lipinski definition) is 4. The highest BCUT2D eigenvalue weighted by molar-refractivity contribution is 6.01. The Morgan fingerprint density at radius 3 is 2.32 bits per heavy atom. The molecule has 0 unspecified atom stereocenters. The molecule has 0 aliphatic carbocycles. The van der Waals surface area contributed by atoms with Gasteiger partial charge in [-0.1, -0.05) is 36.4 Å². The van der Waals surface area contributed by atoms with Crippen LogP contribution in [-0.2, 0) is 0 Å². The van der Waals surface area contributed by atoms with Gasteiger partial charge in [-0.2, -0.15) is 0 Å². The summed E-state index contributed by atoms with van der Waals surface area (Å²) in [6.45, 7) is 5.26. The van der Waals surface area contributed by atoms with E-state index in [9.17, 15) is 9.90 Å². The summed E-state index contributed by atoms with van der Waals surface area (Å²) < 4.78 is 5.74. The molecule has 3 aromatic carbocycles. The Bertz CT molecular complexity index is 994. The molecule has 0 radical (unpaired) electrons. The highest BCUT2D eigenvalue weighted by Crippen LogP contribution is 2.30. The molecule has 1 saturated heterocycles. The van der Waals surface area contributed by atoms with Crippen molar-refractivity contribution in [2.24, 2.45) is 0 Å². The molecule has 3 aromatic rings. The van der Waals surface area contributed by atoms with Gasteiger partial charge in [0.05, 0.1) is 17.9 Å². The van der Waals surface area contributed by atoms with E-state index in [2.05, 4.69) is 11.0 Å². The van der Waals surface area contributed by atoms with Gasteiger partial charge in [-0.15, -0.1) is 0 Å². The fourth-order valence-corrected chi connectivity index (χ4v) is 3.72. The number of rotatable bonds is 4. The first-order valence-electron chi connectivity index (χ1n) is 9.65. The predicted octanol–water partition coefficient (Wildman–Crippen LogP) is 3.91. The molecule has 1 heterocycles. The molecule has 28 heavy (non-hydrogen) atoms. The van der Waals surface area contributed by atoms with E-state index in [1.54, 1.807) is 12.1 Å². The maximum absolute atomic E-state index is 13.0. The van der Waals surface area contributed by atoms with E-state index < -0.39 is 0 Å². The van der Waals surface area contributed by atoms with Crippen molar-refractivity contribution in [3.8, 4) is 11.5 Å². The zero-order valence-electron chi connectivity index (χ0n) is 16.0. The normalized spacial score (nSPS) is 14.3. The van der Waals surface area contributed by atoms with Gasteiger partial charge in [0.25, 0.3) is 5.91 Å². The zero-order valence-corrected chi connectivity index (χ0v) is 16.0. The van der Waals surface area contributed by atoms with Gasteiger partial charge in [0.1, 0.15) is 11.5 Å². The first kappa shape index (κ1) is 18.2. The molecule has 0 bridgehead atoms. The number of phenolic OH excluding ortho intramolecular Hbond substituents is 1. The van der Waals surface area contributed by atoms with Crippen LogP contribution in [0.1, 0.15) is 17.3 Å². The molecule has 0 atom stereocenters. The standard InChI is InChI=1S/C23H24N2O3/c1-2-28-22-10-6-5-9-20(22)24-11-13-25(14-12-24)23(27)19-15-17-7-3-4-8-18(17)16-21(19)26/h3-10,15-16,26H,2,11-14H2,1H3. The molecule has 5 heteroatoms. The van der Waals surface area contributed by atoms with Crippen molar-refractivity contribution in [3.05, 3.63) is 66.2 Å². The van der Waals surface area contributed by atoms with Crippen molar-refractivity contribution in [3.63, 3.8) is 0 Å². The van der Waals surface area contributed by atoms with Crippen LogP contribution in [0.25, 0.3) is 10.8 Å². The molecule has 1 fully saturated rings. The second kappa shape index (κ2) is 7.80. The number of benzene rings is 3. The Hall–Kier alpha value is -3.21. The van der Waals surface area contributed by atoms with Gasteiger partial charge in [-0.3, -0.25) is 4.79 Å². The molecule has 1 amide bonds. The Balaban J connectivity index is 1.50. The van der Waals surface area contributed by atoms with Crippen LogP contribution in [0.3, 0.4) is 0 Å². The van der Waals surface area contributed by atoms with Crippen molar-refractivity contribution in [1.82, 2.24) is 4.90 Å². The Labute approximate surface area is 164 Å². The average molecular weight is 376 g/mol. The smallest absolute Gasteiger partial charge is 0.257 e. The summed E-state index contributed by atoms with van der Waals surface area (Å²) in [5.41, 5.74) is 1.42. The monoisotopic (exact) mass is 376 g/mol. The van der Waals surface area contributed by atoms with Crippen LogP contribution in [-0.4, -0.2) is 48.7 Å². The van der Waals surface area contributed by atoms with Crippen molar-refractivity contribution in [2.45, 2.75) is 6.92 Å². The molecule has 0 aromatic heterocycles. The van der Waals surface area contributed by atoms with Gasteiger partial charge < -0.3 is 19.6 Å². The molecule has 4 rings (SSSR count). The van der Waals surface area contributed by atoms with Crippen molar-refractivity contribution >= 4 is 22.4 Å². The first-order valence-corrected chi connectivity index (χ1v) is 9.65. The maximum Gasteiger partial charge on any atom is 0.257 e. The second-order valence-corrected chi connectivity index (χ2v) is 6.90. The minimum absolute atomic E-state index is 0.0350. The summed E-state index contributed by atoms with van der Waals surface area (Å²) in [6.07, 6.45) is 0. The number of ether oxygens (including phenoxy) is 1. The van der Waals surface area contributed by atoms with Crippen molar-refractivity contribution < 1.29 is 14.6 Å². The van der Waals surface area contributed by atoms with E-state index in [-0.39, 0.29) is 11.7 Å². The van der Waals surface area contributed by atoms with Crippen molar-refractivity contribution in [2.75, 3.05) is 37.7 Å². The van der Waals surface area contributed by atoms with Crippen LogP contribution in [0.4, 0.5) is 5.69 Å². The number of phenols is 1. The van der Waals surface area contributed by atoms with Gasteiger partial charge >= 0.3 is 0 Å². The molecular weight excluding hydrogens is 352 g/mol. The fourth-order valence-electron chi connectivity index (χ4n) is 3.72. The molecule has 144 valence electrons. The summed E-state index contributed by atoms with van der Waals surface area (Å²) >= 11 is 0. The maximum atomic E-state index is 13.0. The van der Waals surface area contributed by atoms with Crippen LogP contribution in [0.2, 0.25) is 0 Å². The number of amides is 1. The van der Waals surface area contributed by atoms with Crippen molar-refractivity contribution in [1.29, 1.82) is 0 Å². The lowest BCUT2D eigenvalue weighted by atomic mass is 10.0. The van der Waals surface area contributed by atoms with E-state index in [0.717, 1.165) is 35.3 Å². The molecule has 5 nitrogen and oxygen atoms in total. The number of aromatic hydroxyl groups is 1. The fraction of sp³-hybridized carbons (Fsp3) is 0.261. The number of hydrogen-bond donors (Lipinski definition) is 1. The van der Waals surface area contributed by atoms with E-state index in [4.69, 9.17) is 4.74 Å². The lowest BCUT2D eigenvalue weighted by molar-refractivity contribution is 0.0744. The Morgan fingerprint density at radius 2 is 1.61 bits per heavy atom. The summed E-state index contributed by atoms with van der Waals surface area (Å²) in [5, 5.41) is 12.2. The second-order valence-electron chi connectivity index (χ2n) is 6.90. The Morgan fingerprint density at radius 1 is 0.964 bits per heavy atom. The van der Waals surface area contributed by atoms with Crippen LogP contribution in [0, 0.1) is 0 Å². The Kier molecular flexibility index (Phi) is 5.06. The molecule has 0 saturated carbocycles. The average Bonchev–Trinajstić information content (AvgIpc) is 2.73. The van der Waals surface area contributed by atoms with Crippen LogP contribution < -0.4 is 9.64 Å². The third-order valence-electron chi connectivity index (χ3n) is 5.17. The number of carbonyl (C=O) groups is 1. The number of carbonyl (C=O) groups excluding carboxylic acids is 1. The minimum Gasteiger partial charge on any atom is -0.507 e. The lowest BCUT2D eigenvalue weighted by Gasteiger charge is -2.36. The number of fused-ring (bicyclic) bond motifs is 1. The topological polar surface area (TPSA) is 53.0 Å². The lowest BCUT2D eigenvalue weighted by Crippen LogP contribution is -2.48. The molecule has 0 spiro atoms. The number of anilines is 1. The molecule has 1 aliphatic rings. The quantitative estimate of drug-likeness (QED) is 0.750. The highest BCUT2D eigenvalue weighted by atomic mass is 16.5. The third kappa shape index (κ3) is 3.48. The van der Waals surface area contributed by atoms with Gasteiger partial charge in [0.15, 0.2) is 0 Å². The summed E-state index contributed by atoms with van der Waals surface area (Å²) in [4.78, 5) is 17.1. The summed E-state index contributed by atoms with van der Waals surface area (Å²) in [5.74, 6) is 0.783. The number of piperazine rings is 1. The predicted molar refractivity (Wildman–Crippen MR) is 111 cm³/mol. The van der Waals surface area contributed by atoms with Gasteiger partial charge in [0.2, 0.25) is 0 Å². The van der Waals surface area contributed by atoms with Crippen LogP contribution in [0.5, 0.6) is 11.5 Å². The minimum atomic E-state index is -0.124. The van der Waals surface area contributed by atoms with E-state index in [0.29, 0.717) is 25.3 Å².